The van der Waals surface area contributed by atoms with Crippen molar-refractivity contribution in [1.82, 2.24) is 10.2 Å². The fraction of sp³-hybridized carbons (Fsp3) is 1.00. The Morgan fingerprint density at radius 3 is 2.93 bits per heavy atom. The number of nitrogens with zero attached hydrogens (tertiary/aromatic N) is 1. The molecule has 1 unspecified atom stereocenters. The molecule has 0 aromatic rings. The lowest BCUT2D eigenvalue weighted by Crippen LogP contribution is -2.31. The molecule has 3 heteroatoms. The first-order chi connectivity index (χ1) is 7.33. The van der Waals surface area contributed by atoms with Gasteiger partial charge in [-0.3, -0.25) is 0 Å². The highest BCUT2D eigenvalue weighted by atomic mass is 32.2. The van der Waals surface area contributed by atoms with E-state index >= 15 is 0 Å². The predicted molar refractivity (Wildman–Crippen MR) is 70.8 cm³/mol. The van der Waals surface area contributed by atoms with E-state index in [1.165, 1.54) is 57.5 Å². The molecule has 0 radical (unpaired) electrons. The van der Waals surface area contributed by atoms with Crippen molar-refractivity contribution in [3.63, 3.8) is 0 Å². The number of hydrogen-bond acceptors (Lipinski definition) is 3. The summed E-state index contributed by atoms with van der Waals surface area (Å²) in [7, 11) is 2.24. The average molecular weight is 230 g/mol. The van der Waals surface area contributed by atoms with Gasteiger partial charge in [0, 0.05) is 6.04 Å². The van der Waals surface area contributed by atoms with E-state index in [4.69, 9.17) is 0 Å². The summed E-state index contributed by atoms with van der Waals surface area (Å²) >= 11 is 1.96. The zero-order valence-corrected chi connectivity index (χ0v) is 11.1. The summed E-state index contributed by atoms with van der Waals surface area (Å²) in [5.74, 6) is 1.31. The van der Waals surface area contributed by atoms with Gasteiger partial charge in [-0.25, -0.2) is 0 Å². The summed E-state index contributed by atoms with van der Waals surface area (Å²) in [5, 5.41) is 3.71. The molecule has 15 heavy (non-hydrogen) atoms. The number of unbranched alkanes of at least 4 members (excludes halogenated alkanes) is 1. The first-order valence-corrected chi connectivity index (χ1v) is 7.63. The normalized spacial score (nSPS) is 24.0. The maximum Gasteiger partial charge on any atom is 0.00797 e. The second-order valence-electron chi connectivity index (χ2n) is 4.59. The van der Waals surface area contributed by atoms with Gasteiger partial charge in [-0.2, -0.15) is 11.8 Å². The SMILES string of the molecule is CSCCCCNC1CCCN(C)CC1. The minimum Gasteiger partial charge on any atom is -0.314 e. The molecule has 2 nitrogen and oxygen atoms in total. The number of thioether (sulfide) groups is 1. The van der Waals surface area contributed by atoms with Gasteiger partial charge in [0.2, 0.25) is 0 Å². The van der Waals surface area contributed by atoms with Crippen LogP contribution in [0.2, 0.25) is 0 Å². The summed E-state index contributed by atoms with van der Waals surface area (Å²) in [6.07, 6.45) is 8.95. The van der Waals surface area contributed by atoms with Crippen LogP contribution in [-0.2, 0) is 0 Å². The van der Waals surface area contributed by atoms with Gasteiger partial charge in [-0.1, -0.05) is 0 Å². The quantitative estimate of drug-likeness (QED) is 0.704. The first-order valence-electron chi connectivity index (χ1n) is 6.24. The first kappa shape index (κ1) is 13.3. The van der Waals surface area contributed by atoms with Gasteiger partial charge in [0.05, 0.1) is 0 Å². The highest BCUT2D eigenvalue weighted by Gasteiger charge is 2.13. The molecule has 0 saturated carbocycles. The van der Waals surface area contributed by atoms with E-state index in [1.807, 2.05) is 11.8 Å². The van der Waals surface area contributed by atoms with Gasteiger partial charge in [0.1, 0.15) is 0 Å². The Kier molecular flexibility index (Phi) is 7.49. The van der Waals surface area contributed by atoms with Crippen LogP contribution in [0.25, 0.3) is 0 Å². The van der Waals surface area contributed by atoms with Crippen LogP contribution >= 0.6 is 11.8 Å². The van der Waals surface area contributed by atoms with Gasteiger partial charge in [-0.05, 0) is 70.8 Å². The standard InChI is InChI=1S/C12H26N2S/c1-14-9-5-6-12(7-10-14)13-8-3-4-11-15-2/h12-13H,3-11H2,1-2H3. The van der Waals surface area contributed by atoms with E-state index < -0.39 is 0 Å². The van der Waals surface area contributed by atoms with Crippen LogP contribution in [0.4, 0.5) is 0 Å². The monoisotopic (exact) mass is 230 g/mol. The molecule has 1 N–H and O–H groups in total. The van der Waals surface area contributed by atoms with E-state index in [0.29, 0.717) is 0 Å². The summed E-state index contributed by atoms with van der Waals surface area (Å²) < 4.78 is 0. The fourth-order valence-electron chi connectivity index (χ4n) is 2.12. The summed E-state index contributed by atoms with van der Waals surface area (Å²) in [5.41, 5.74) is 0. The number of likely N-dealkylation sites (tertiary alicyclic amines) is 1. The molecular weight excluding hydrogens is 204 g/mol. The molecule has 0 aromatic heterocycles. The van der Waals surface area contributed by atoms with Crippen molar-refractivity contribution in [3.8, 4) is 0 Å². The predicted octanol–water partition coefficient (Wildman–Crippen LogP) is 2.20. The molecule has 0 amide bonds. The summed E-state index contributed by atoms with van der Waals surface area (Å²) in [6.45, 7) is 3.77. The maximum absolute atomic E-state index is 3.71. The second-order valence-corrected chi connectivity index (χ2v) is 5.57. The van der Waals surface area contributed by atoms with E-state index in [-0.39, 0.29) is 0 Å². The Labute approximate surface area is 99.2 Å². The van der Waals surface area contributed by atoms with Gasteiger partial charge in [0.15, 0.2) is 0 Å². The highest BCUT2D eigenvalue weighted by Crippen LogP contribution is 2.09. The average Bonchev–Trinajstić information content (AvgIpc) is 2.43. The smallest absolute Gasteiger partial charge is 0.00797 e. The largest absolute Gasteiger partial charge is 0.314 e. The minimum atomic E-state index is 0.782. The Morgan fingerprint density at radius 2 is 2.13 bits per heavy atom. The van der Waals surface area contributed by atoms with Crippen molar-refractivity contribution in [2.24, 2.45) is 0 Å². The third-order valence-electron chi connectivity index (χ3n) is 3.16. The topological polar surface area (TPSA) is 15.3 Å². The van der Waals surface area contributed by atoms with Gasteiger partial charge < -0.3 is 10.2 Å². The molecule has 1 fully saturated rings. The third kappa shape index (κ3) is 6.44. The Hall–Kier alpha value is 0.270. The molecule has 0 aromatic carbocycles. The molecular formula is C12H26N2S. The van der Waals surface area contributed by atoms with E-state index in [2.05, 4.69) is 23.5 Å². The lowest BCUT2D eigenvalue weighted by atomic mass is 10.1. The minimum absolute atomic E-state index is 0.782. The Morgan fingerprint density at radius 1 is 1.27 bits per heavy atom. The van der Waals surface area contributed by atoms with Crippen molar-refractivity contribution in [2.75, 3.05) is 38.7 Å². The van der Waals surface area contributed by atoms with Gasteiger partial charge in [0.25, 0.3) is 0 Å². The van der Waals surface area contributed by atoms with Gasteiger partial charge >= 0.3 is 0 Å². The molecule has 1 aliphatic heterocycles. The Balaban J connectivity index is 2.00. The van der Waals surface area contributed by atoms with E-state index in [9.17, 15) is 0 Å². The van der Waals surface area contributed by atoms with E-state index in [0.717, 1.165) is 6.04 Å². The van der Waals surface area contributed by atoms with Crippen molar-refractivity contribution in [3.05, 3.63) is 0 Å². The van der Waals surface area contributed by atoms with Crippen LogP contribution in [0, 0.1) is 0 Å². The number of hydrogen-bond donors (Lipinski definition) is 1. The molecule has 1 rings (SSSR count). The molecule has 1 saturated heterocycles. The molecule has 1 atom stereocenters. The molecule has 1 heterocycles. The number of rotatable bonds is 6. The lowest BCUT2D eigenvalue weighted by Gasteiger charge is -2.16. The zero-order valence-electron chi connectivity index (χ0n) is 10.3. The maximum atomic E-state index is 3.71. The zero-order chi connectivity index (χ0) is 10.9. The van der Waals surface area contributed by atoms with Crippen LogP contribution in [0.5, 0.6) is 0 Å². The van der Waals surface area contributed by atoms with Gasteiger partial charge in [-0.15, -0.1) is 0 Å². The Bertz CT molecular complexity index is 153. The molecule has 1 aliphatic rings. The van der Waals surface area contributed by atoms with Crippen molar-refractivity contribution in [2.45, 2.75) is 38.1 Å². The summed E-state index contributed by atoms with van der Waals surface area (Å²) in [4.78, 5) is 2.45. The van der Waals surface area contributed by atoms with Crippen molar-refractivity contribution < 1.29 is 0 Å². The highest BCUT2D eigenvalue weighted by molar-refractivity contribution is 7.98. The van der Waals surface area contributed by atoms with E-state index in [1.54, 1.807) is 0 Å². The fourth-order valence-corrected chi connectivity index (χ4v) is 2.61. The summed E-state index contributed by atoms with van der Waals surface area (Å²) in [6, 6.07) is 0.782. The second kappa shape index (κ2) is 8.43. The number of nitrogens with one attached hydrogen (secondary N) is 1. The third-order valence-corrected chi connectivity index (χ3v) is 3.86. The van der Waals surface area contributed by atoms with Crippen LogP contribution in [0.15, 0.2) is 0 Å². The van der Waals surface area contributed by atoms with Crippen LogP contribution in [-0.4, -0.2) is 49.6 Å². The van der Waals surface area contributed by atoms with Crippen LogP contribution in [0.1, 0.15) is 32.1 Å². The van der Waals surface area contributed by atoms with Crippen molar-refractivity contribution in [1.29, 1.82) is 0 Å². The lowest BCUT2D eigenvalue weighted by molar-refractivity contribution is 0.343. The van der Waals surface area contributed by atoms with Crippen LogP contribution in [0.3, 0.4) is 0 Å². The van der Waals surface area contributed by atoms with Crippen molar-refractivity contribution >= 4 is 11.8 Å². The molecule has 90 valence electrons. The molecule has 0 aliphatic carbocycles. The molecule has 0 spiro atoms. The van der Waals surface area contributed by atoms with Crippen LogP contribution < -0.4 is 5.32 Å². The molecule has 0 bridgehead atoms.